The first-order chi connectivity index (χ1) is 8.75. The molecule has 0 radical (unpaired) electrons. The van der Waals surface area contributed by atoms with Crippen LogP contribution in [-0.2, 0) is 6.54 Å². The smallest absolute Gasteiger partial charge is 0.318 e. The van der Waals surface area contributed by atoms with Gasteiger partial charge in [-0.15, -0.1) is 0 Å². The lowest BCUT2D eigenvalue weighted by atomic mass is 10.1. The molecule has 0 spiro atoms. The van der Waals surface area contributed by atoms with Crippen molar-refractivity contribution in [3.05, 3.63) is 24.0 Å². The third-order valence-electron chi connectivity index (χ3n) is 4.29. The zero-order chi connectivity index (χ0) is 12.5. The van der Waals surface area contributed by atoms with E-state index in [1.165, 1.54) is 18.5 Å². The van der Waals surface area contributed by atoms with Gasteiger partial charge in [0.2, 0.25) is 0 Å². The summed E-state index contributed by atoms with van der Waals surface area (Å²) in [6, 6.07) is 4.86. The van der Waals surface area contributed by atoms with Crippen LogP contribution in [0.1, 0.15) is 44.3 Å². The summed E-state index contributed by atoms with van der Waals surface area (Å²) in [7, 11) is 0. The lowest BCUT2D eigenvalue weighted by Crippen LogP contribution is -2.48. The van der Waals surface area contributed by atoms with Gasteiger partial charge < -0.3 is 14.8 Å². The molecule has 1 aliphatic carbocycles. The molecule has 1 unspecified atom stereocenters. The Morgan fingerprint density at radius 3 is 2.89 bits per heavy atom. The molecule has 1 fully saturated rings. The highest BCUT2D eigenvalue weighted by molar-refractivity contribution is 5.75. The number of nitrogens with zero attached hydrogens (tertiary/aromatic N) is 2. The molecule has 1 saturated carbocycles. The van der Waals surface area contributed by atoms with Crippen molar-refractivity contribution >= 4 is 6.03 Å². The van der Waals surface area contributed by atoms with E-state index in [-0.39, 0.29) is 12.1 Å². The summed E-state index contributed by atoms with van der Waals surface area (Å²) in [6.07, 6.45) is 6.89. The summed E-state index contributed by atoms with van der Waals surface area (Å²) in [6.45, 7) is 3.82. The van der Waals surface area contributed by atoms with Gasteiger partial charge >= 0.3 is 6.03 Å². The fraction of sp³-hybridized carbons (Fsp3) is 0.643. The topological polar surface area (TPSA) is 37.3 Å². The van der Waals surface area contributed by atoms with E-state index < -0.39 is 0 Å². The van der Waals surface area contributed by atoms with Gasteiger partial charge in [-0.25, -0.2) is 4.79 Å². The largest absolute Gasteiger partial charge is 0.348 e. The lowest BCUT2D eigenvalue weighted by molar-refractivity contribution is 0.159. The van der Waals surface area contributed by atoms with Gasteiger partial charge in [-0.3, -0.25) is 0 Å². The van der Waals surface area contributed by atoms with E-state index >= 15 is 0 Å². The number of aromatic nitrogens is 1. The number of amides is 2. The molecule has 98 valence electrons. The molecular weight excluding hydrogens is 226 g/mol. The fourth-order valence-corrected chi connectivity index (χ4v) is 3.18. The molecule has 2 aliphatic rings. The predicted octanol–water partition coefficient (Wildman–Crippen LogP) is 2.52. The molecule has 18 heavy (non-hydrogen) atoms. The van der Waals surface area contributed by atoms with Crippen LogP contribution in [0.15, 0.2) is 18.3 Å². The van der Waals surface area contributed by atoms with Gasteiger partial charge in [-0.05, 0) is 31.9 Å². The number of hydrogen-bond donors (Lipinski definition) is 1. The van der Waals surface area contributed by atoms with Crippen molar-refractivity contribution < 1.29 is 4.79 Å². The van der Waals surface area contributed by atoms with Crippen molar-refractivity contribution in [2.45, 2.75) is 51.2 Å². The maximum absolute atomic E-state index is 12.3. The van der Waals surface area contributed by atoms with Crippen LogP contribution in [-0.4, -0.2) is 28.1 Å². The monoisotopic (exact) mass is 247 g/mol. The second-order valence-electron chi connectivity index (χ2n) is 5.43. The predicted molar refractivity (Wildman–Crippen MR) is 70.3 cm³/mol. The van der Waals surface area contributed by atoms with Gasteiger partial charge in [0.25, 0.3) is 0 Å². The number of carbonyl (C=O) groups is 1. The van der Waals surface area contributed by atoms with Crippen LogP contribution in [0.4, 0.5) is 4.79 Å². The maximum Gasteiger partial charge on any atom is 0.318 e. The summed E-state index contributed by atoms with van der Waals surface area (Å²) in [4.78, 5) is 14.3. The molecule has 1 atom stereocenters. The van der Waals surface area contributed by atoms with E-state index in [1.54, 1.807) is 0 Å². The molecule has 0 saturated heterocycles. The Balaban J connectivity index is 1.68. The lowest BCUT2D eigenvalue weighted by Gasteiger charge is -2.35. The maximum atomic E-state index is 12.3. The van der Waals surface area contributed by atoms with E-state index in [4.69, 9.17) is 0 Å². The van der Waals surface area contributed by atoms with E-state index in [0.717, 1.165) is 25.9 Å². The number of urea groups is 1. The van der Waals surface area contributed by atoms with Crippen molar-refractivity contribution in [2.75, 3.05) is 6.54 Å². The molecule has 4 nitrogen and oxygen atoms in total. The number of carbonyl (C=O) groups excluding carboxylic acids is 1. The first kappa shape index (κ1) is 11.6. The minimum absolute atomic E-state index is 0.113. The summed E-state index contributed by atoms with van der Waals surface area (Å²) in [5.74, 6) is 0. The Morgan fingerprint density at radius 1 is 1.33 bits per heavy atom. The van der Waals surface area contributed by atoms with Crippen molar-refractivity contribution in [3.63, 3.8) is 0 Å². The third kappa shape index (κ3) is 2.00. The summed E-state index contributed by atoms with van der Waals surface area (Å²) in [5.41, 5.74) is 1.24. The second-order valence-corrected chi connectivity index (χ2v) is 5.43. The van der Waals surface area contributed by atoms with Crippen LogP contribution >= 0.6 is 0 Å². The molecule has 2 amide bonds. The van der Waals surface area contributed by atoms with Gasteiger partial charge in [0.15, 0.2) is 0 Å². The normalized spacial score (nSPS) is 24.1. The number of nitrogens with one attached hydrogen (secondary N) is 1. The number of hydrogen-bond acceptors (Lipinski definition) is 1. The van der Waals surface area contributed by atoms with E-state index in [9.17, 15) is 4.79 Å². The molecule has 0 bridgehead atoms. The Hall–Kier alpha value is -1.45. The molecule has 4 heteroatoms. The van der Waals surface area contributed by atoms with Crippen LogP contribution in [0.25, 0.3) is 0 Å². The van der Waals surface area contributed by atoms with Crippen LogP contribution in [0.3, 0.4) is 0 Å². The second kappa shape index (κ2) is 4.67. The van der Waals surface area contributed by atoms with Crippen molar-refractivity contribution in [1.82, 2.24) is 14.8 Å². The highest BCUT2D eigenvalue weighted by Gasteiger charge is 2.29. The summed E-state index contributed by atoms with van der Waals surface area (Å²) < 4.78 is 2.24. The summed E-state index contributed by atoms with van der Waals surface area (Å²) in [5, 5.41) is 3.18. The number of rotatable bonds is 1. The number of fused-ring (bicyclic) bond motifs is 1. The molecule has 2 heterocycles. The van der Waals surface area contributed by atoms with Gasteiger partial charge in [-0.1, -0.05) is 12.8 Å². The SMILES string of the molecule is CC1c2cccn2CCN1C(=O)NC1CCCC1. The van der Waals surface area contributed by atoms with Crippen LogP contribution in [0.2, 0.25) is 0 Å². The van der Waals surface area contributed by atoms with Gasteiger partial charge in [-0.2, -0.15) is 0 Å². The molecule has 1 aromatic rings. The first-order valence-electron chi connectivity index (χ1n) is 6.98. The third-order valence-corrected chi connectivity index (χ3v) is 4.29. The van der Waals surface area contributed by atoms with Crippen molar-refractivity contribution in [2.24, 2.45) is 0 Å². The van der Waals surface area contributed by atoms with Crippen LogP contribution < -0.4 is 5.32 Å². The molecule has 1 aliphatic heterocycles. The molecule has 3 rings (SSSR count). The minimum Gasteiger partial charge on any atom is -0.348 e. The molecule has 1 N–H and O–H groups in total. The fourth-order valence-electron chi connectivity index (χ4n) is 3.18. The molecule has 1 aromatic heterocycles. The zero-order valence-corrected chi connectivity index (χ0v) is 10.9. The van der Waals surface area contributed by atoms with Gasteiger partial charge in [0.1, 0.15) is 0 Å². The average molecular weight is 247 g/mol. The molecular formula is C14H21N3O. The Kier molecular flexibility index (Phi) is 3.02. The zero-order valence-electron chi connectivity index (χ0n) is 10.9. The highest BCUT2D eigenvalue weighted by atomic mass is 16.2. The van der Waals surface area contributed by atoms with Gasteiger partial charge in [0.05, 0.1) is 6.04 Å². The minimum atomic E-state index is 0.113. The Labute approximate surface area is 108 Å². The van der Waals surface area contributed by atoms with Gasteiger partial charge in [0, 0.05) is 31.0 Å². The van der Waals surface area contributed by atoms with E-state index in [0.29, 0.717) is 6.04 Å². The average Bonchev–Trinajstić information content (AvgIpc) is 2.99. The first-order valence-corrected chi connectivity index (χ1v) is 6.98. The molecule has 0 aromatic carbocycles. The van der Waals surface area contributed by atoms with Crippen molar-refractivity contribution in [3.8, 4) is 0 Å². The van der Waals surface area contributed by atoms with Crippen molar-refractivity contribution in [1.29, 1.82) is 0 Å². The highest BCUT2D eigenvalue weighted by Crippen LogP contribution is 2.26. The Morgan fingerprint density at radius 2 is 2.11 bits per heavy atom. The van der Waals surface area contributed by atoms with E-state index in [1.807, 2.05) is 4.90 Å². The van der Waals surface area contributed by atoms with Crippen LogP contribution in [0, 0.1) is 0 Å². The van der Waals surface area contributed by atoms with E-state index in [2.05, 4.69) is 35.1 Å². The van der Waals surface area contributed by atoms with Crippen LogP contribution in [0.5, 0.6) is 0 Å². The Bertz CT molecular complexity index is 434. The standard InChI is InChI=1S/C14H21N3O/c1-11-13-7-4-8-16(13)9-10-17(11)14(18)15-12-5-2-3-6-12/h4,7-8,11-12H,2-3,5-6,9-10H2,1H3,(H,15,18). The summed E-state index contributed by atoms with van der Waals surface area (Å²) >= 11 is 0. The quantitative estimate of drug-likeness (QED) is 0.813.